The Kier molecular flexibility index (Phi) is 2.64. The van der Waals surface area contributed by atoms with Crippen LogP contribution in [0.15, 0.2) is 22.1 Å². The maximum Gasteiger partial charge on any atom is 0.368 e. The second-order valence-corrected chi connectivity index (χ2v) is 6.00. The van der Waals surface area contributed by atoms with Gasteiger partial charge in [-0.1, -0.05) is 0 Å². The number of nitrogens with one attached hydrogen (secondary N) is 1. The lowest BCUT2D eigenvalue weighted by Crippen LogP contribution is -2.52. The number of piperidine rings is 1. The molecule has 4 amide bonds. The summed E-state index contributed by atoms with van der Waals surface area (Å²) in [6.45, 7) is 1.51. The number of amides is 4. The Morgan fingerprint density at radius 3 is 2.62 bits per heavy atom. The summed E-state index contributed by atoms with van der Waals surface area (Å²) in [6, 6.07) is 2.30. The van der Waals surface area contributed by atoms with Crippen molar-refractivity contribution in [2.24, 2.45) is 9.98 Å². The zero-order chi connectivity index (χ0) is 17.2. The molecule has 0 saturated carbocycles. The van der Waals surface area contributed by atoms with E-state index in [0.29, 0.717) is 0 Å². The van der Waals surface area contributed by atoms with E-state index in [1.165, 1.54) is 19.1 Å². The van der Waals surface area contributed by atoms with E-state index in [2.05, 4.69) is 15.3 Å². The summed E-state index contributed by atoms with van der Waals surface area (Å²) >= 11 is 0. The molecule has 0 aliphatic carbocycles. The van der Waals surface area contributed by atoms with E-state index in [4.69, 9.17) is 0 Å². The fourth-order valence-corrected chi connectivity index (χ4v) is 3.23. The van der Waals surface area contributed by atoms with Crippen LogP contribution in [0.3, 0.4) is 0 Å². The van der Waals surface area contributed by atoms with Gasteiger partial charge < -0.3 is 10.2 Å². The molecule has 0 spiro atoms. The molecule has 3 heterocycles. The molecule has 9 heteroatoms. The zero-order valence-electron chi connectivity index (χ0n) is 12.5. The van der Waals surface area contributed by atoms with Crippen LogP contribution in [0.2, 0.25) is 0 Å². The van der Waals surface area contributed by atoms with Crippen LogP contribution in [-0.2, 0) is 15.1 Å². The Morgan fingerprint density at radius 1 is 1.17 bits per heavy atom. The van der Waals surface area contributed by atoms with Crippen LogP contribution < -0.4 is 16.0 Å². The SMILES string of the molecule is CC1(n2c(O)c3ccc4c(c3c2O)=NC(=O)N=4)CCC(=O)NC1=O. The summed E-state index contributed by atoms with van der Waals surface area (Å²) in [5, 5.41) is 24.2. The van der Waals surface area contributed by atoms with E-state index in [9.17, 15) is 24.6 Å². The van der Waals surface area contributed by atoms with Gasteiger partial charge in [0.15, 0.2) is 0 Å². The molecule has 2 aromatic rings. The highest BCUT2D eigenvalue weighted by Crippen LogP contribution is 2.41. The average molecular weight is 328 g/mol. The second-order valence-electron chi connectivity index (χ2n) is 6.00. The largest absolute Gasteiger partial charge is 0.494 e. The Labute approximate surface area is 133 Å². The molecule has 122 valence electrons. The van der Waals surface area contributed by atoms with E-state index in [-0.39, 0.29) is 40.2 Å². The molecule has 0 radical (unpaired) electrons. The van der Waals surface area contributed by atoms with E-state index >= 15 is 0 Å². The van der Waals surface area contributed by atoms with Gasteiger partial charge in [0.1, 0.15) is 10.9 Å². The summed E-state index contributed by atoms with van der Waals surface area (Å²) in [7, 11) is 0. The van der Waals surface area contributed by atoms with Gasteiger partial charge in [0.25, 0.3) is 5.91 Å². The fraction of sp³-hybridized carbons (Fsp3) is 0.267. The minimum Gasteiger partial charge on any atom is -0.494 e. The van der Waals surface area contributed by atoms with Crippen molar-refractivity contribution in [2.75, 3.05) is 0 Å². The molecule has 24 heavy (non-hydrogen) atoms. The predicted molar refractivity (Wildman–Crippen MR) is 79.0 cm³/mol. The van der Waals surface area contributed by atoms with Gasteiger partial charge in [0.2, 0.25) is 17.7 Å². The third-order valence-electron chi connectivity index (χ3n) is 4.54. The van der Waals surface area contributed by atoms with Gasteiger partial charge in [0.05, 0.1) is 10.7 Å². The molecule has 0 bridgehead atoms. The van der Waals surface area contributed by atoms with Crippen LogP contribution in [0, 0.1) is 0 Å². The van der Waals surface area contributed by atoms with Crippen LogP contribution in [0.5, 0.6) is 11.8 Å². The van der Waals surface area contributed by atoms with Gasteiger partial charge >= 0.3 is 6.03 Å². The molecular weight excluding hydrogens is 316 g/mol. The highest BCUT2D eigenvalue weighted by atomic mass is 16.3. The molecule has 2 aliphatic rings. The van der Waals surface area contributed by atoms with Gasteiger partial charge in [0, 0.05) is 11.8 Å². The van der Waals surface area contributed by atoms with E-state index in [1.54, 1.807) is 0 Å². The van der Waals surface area contributed by atoms with Crippen LogP contribution in [0.1, 0.15) is 19.8 Å². The maximum atomic E-state index is 12.3. The first kappa shape index (κ1) is 14.4. The maximum absolute atomic E-state index is 12.3. The summed E-state index contributed by atoms with van der Waals surface area (Å²) in [4.78, 5) is 42.6. The highest BCUT2D eigenvalue weighted by molar-refractivity contribution is 6.03. The summed E-state index contributed by atoms with van der Waals surface area (Å²) < 4.78 is 1.07. The molecule has 1 fully saturated rings. The third kappa shape index (κ3) is 1.66. The number of benzene rings is 1. The summed E-state index contributed by atoms with van der Waals surface area (Å²) in [6.07, 6.45) is 0.189. The van der Waals surface area contributed by atoms with Crippen molar-refractivity contribution < 1.29 is 24.6 Å². The normalized spacial score (nSPS) is 23.0. The number of aromatic hydroxyl groups is 2. The number of fused-ring (bicyclic) bond motifs is 3. The number of aromatic nitrogens is 1. The molecule has 1 atom stereocenters. The van der Waals surface area contributed by atoms with Crippen LogP contribution in [0.4, 0.5) is 4.79 Å². The van der Waals surface area contributed by atoms with Crippen molar-refractivity contribution in [2.45, 2.75) is 25.3 Å². The zero-order valence-corrected chi connectivity index (χ0v) is 12.5. The Bertz CT molecular complexity index is 1080. The second kappa shape index (κ2) is 4.40. The van der Waals surface area contributed by atoms with Crippen molar-refractivity contribution >= 4 is 28.6 Å². The van der Waals surface area contributed by atoms with Gasteiger partial charge in [-0.3, -0.25) is 19.5 Å². The molecule has 1 saturated heterocycles. The van der Waals surface area contributed by atoms with Crippen molar-refractivity contribution in [1.29, 1.82) is 0 Å². The van der Waals surface area contributed by atoms with Crippen molar-refractivity contribution in [3.63, 3.8) is 0 Å². The summed E-state index contributed by atoms with van der Waals surface area (Å²) in [5.74, 6) is -1.78. The quantitative estimate of drug-likeness (QED) is 0.611. The smallest absolute Gasteiger partial charge is 0.368 e. The van der Waals surface area contributed by atoms with Gasteiger partial charge in [-0.05, 0) is 25.5 Å². The third-order valence-corrected chi connectivity index (χ3v) is 4.54. The molecule has 1 aromatic heterocycles. The molecule has 1 unspecified atom stereocenters. The lowest BCUT2D eigenvalue weighted by molar-refractivity contribution is -0.140. The average Bonchev–Trinajstić information content (AvgIpc) is 3.01. The number of carbonyl (C=O) groups excluding carboxylic acids is 3. The van der Waals surface area contributed by atoms with Crippen LogP contribution in [0.25, 0.3) is 10.8 Å². The van der Waals surface area contributed by atoms with Crippen LogP contribution >= 0.6 is 0 Å². The molecule has 3 N–H and O–H groups in total. The van der Waals surface area contributed by atoms with Crippen molar-refractivity contribution in [3.05, 3.63) is 22.8 Å². The van der Waals surface area contributed by atoms with Gasteiger partial charge in [-0.15, -0.1) is 0 Å². The van der Waals surface area contributed by atoms with Gasteiger partial charge in [-0.2, -0.15) is 9.98 Å². The van der Waals surface area contributed by atoms with Crippen molar-refractivity contribution in [3.8, 4) is 11.8 Å². The van der Waals surface area contributed by atoms with E-state index < -0.39 is 29.3 Å². The fourth-order valence-electron chi connectivity index (χ4n) is 3.23. The summed E-state index contributed by atoms with van der Waals surface area (Å²) in [5.41, 5.74) is -1.35. The monoisotopic (exact) mass is 328 g/mol. The Morgan fingerprint density at radius 2 is 1.92 bits per heavy atom. The molecular formula is C15H12N4O5. The molecule has 2 aliphatic heterocycles. The van der Waals surface area contributed by atoms with Crippen LogP contribution in [-0.4, -0.2) is 32.6 Å². The number of hydrogen-bond donors (Lipinski definition) is 3. The molecule has 1 aromatic carbocycles. The number of urea groups is 1. The Balaban J connectivity index is 2.06. The number of hydrogen-bond acceptors (Lipinski definition) is 5. The molecule has 9 nitrogen and oxygen atoms in total. The molecule has 4 rings (SSSR count). The predicted octanol–water partition coefficient (Wildman–Crippen LogP) is -0.423. The lowest BCUT2D eigenvalue weighted by Gasteiger charge is -2.33. The first-order chi connectivity index (χ1) is 11.3. The Hall–Kier alpha value is -3.23. The van der Waals surface area contributed by atoms with Gasteiger partial charge in [-0.25, -0.2) is 4.79 Å². The highest BCUT2D eigenvalue weighted by Gasteiger charge is 2.44. The number of rotatable bonds is 1. The number of carbonyl (C=O) groups is 3. The number of nitrogens with zero attached hydrogens (tertiary/aromatic N) is 3. The first-order valence-corrected chi connectivity index (χ1v) is 7.24. The topological polar surface area (TPSA) is 133 Å². The van der Waals surface area contributed by atoms with E-state index in [1.807, 2.05) is 0 Å². The van der Waals surface area contributed by atoms with E-state index in [0.717, 1.165) is 4.57 Å². The van der Waals surface area contributed by atoms with Crippen molar-refractivity contribution in [1.82, 2.24) is 9.88 Å². The lowest BCUT2D eigenvalue weighted by atomic mass is 9.90. The first-order valence-electron chi connectivity index (χ1n) is 7.24. The standard InChI is InChI=1S/C15H12N4O5/c1-15(5-4-8(20)17-13(15)23)19-11(21)6-2-3-7-10(9(6)12(19)22)18-14(24)16-7/h2-3,21-22H,4-5H2,1H3,(H,17,20,23). The number of imide groups is 1. The minimum absolute atomic E-state index is 0.0753. The minimum atomic E-state index is -1.35.